The van der Waals surface area contributed by atoms with E-state index in [0.717, 1.165) is 36.3 Å². The molecule has 0 radical (unpaired) electrons. The van der Waals surface area contributed by atoms with E-state index >= 15 is 0 Å². The maximum atomic E-state index is 13.3. The number of amides is 1. The number of benzene rings is 1. The number of hydrogen-bond donors (Lipinski definition) is 1. The van der Waals surface area contributed by atoms with Crippen LogP contribution in [-0.2, 0) is 12.0 Å². The predicted molar refractivity (Wildman–Crippen MR) is 119 cm³/mol. The molecule has 0 unspecified atom stereocenters. The van der Waals surface area contributed by atoms with Crippen LogP contribution < -0.4 is 5.73 Å². The second-order valence-corrected chi connectivity index (χ2v) is 8.90. The number of fused-ring (bicyclic) bond motifs is 1. The van der Waals surface area contributed by atoms with Crippen LogP contribution in [0.3, 0.4) is 0 Å². The molecule has 5 rings (SSSR count). The maximum absolute atomic E-state index is 13.3. The summed E-state index contributed by atoms with van der Waals surface area (Å²) < 4.78 is 1.91. The SMILES string of the molecule is NCC1(c2cccc(Cl)c2)CCC(N2CCn3c(nnc3-c3cccnc3)C2=O)CC1. The van der Waals surface area contributed by atoms with Crippen LogP contribution in [0.15, 0.2) is 48.8 Å². The molecule has 8 heteroatoms. The average molecular weight is 437 g/mol. The summed E-state index contributed by atoms with van der Waals surface area (Å²) in [6.07, 6.45) is 7.17. The van der Waals surface area contributed by atoms with Gasteiger partial charge in [0, 0.05) is 54.1 Å². The van der Waals surface area contributed by atoms with Gasteiger partial charge in [0.05, 0.1) is 0 Å². The van der Waals surface area contributed by atoms with Crippen molar-refractivity contribution >= 4 is 17.5 Å². The van der Waals surface area contributed by atoms with Crippen LogP contribution in [0.4, 0.5) is 0 Å². The number of hydrogen-bond acceptors (Lipinski definition) is 5. The number of carbonyl (C=O) groups is 1. The molecule has 1 aliphatic heterocycles. The topological polar surface area (TPSA) is 89.9 Å². The first-order valence-electron chi connectivity index (χ1n) is 10.7. The molecule has 2 N–H and O–H groups in total. The summed E-state index contributed by atoms with van der Waals surface area (Å²) in [5, 5.41) is 9.24. The van der Waals surface area contributed by atoms with E-state index in [9.17, 15) is 4.79 Å². The van der Waals surface area contributed by atoms with Gasteiger partial charge in [-0.3, -0.25) is 9.78 Å². The Balaban J connectivity index is 1.33. The lowest BCUT2D eigenvalue weighted by molar-refractivity contribution is 0.0523. The molecule has 1 fully saturated rings. The van der Waals surface area contributed by atoms with E-state index in [0.29, 0.717) is 31.3 Å². The monoisotopic (exact) mass is 436 g/mol. The number of halogens is 1. The Morgan fingerprint density at radius 1 is 1.10 bits per heavy atom. The number of pyridine rings is 1. The van der Waals surface area contributed by atoms with Gasteiger partial charge in [-0.2, -0.15) is 0 Å². The molecule has 7 nitrogen and oxygen atoms in total. The zero-order valence-electron chi connectivity index (χ0n) is 17.2. The first-order valence-corrected chi connectivity index (χ1v) is 11.1. The highest BCUT2D eigenvalue weighted by Crippen LogP contribution is 2.41. The van der Waals surface area contributed by atoms with E-state index in [1.54, 1.807) is 12.4 Å². The smallest absolute Gasteiger partial charge is 0.292 e. The fraction of sp³-hybridized carbons (Fsp3) is 0.391. The fourth-order valence-corrected chi connectivity index (χ4v) is 5.25. The first kappa shape index (κ1) is 20.2. The van der Waals surface area contributed by atoms with Crippen molar-refractivity contribution in [3.63, 3.8) is 0 Å². The molecular formula is C23H25ClN6O. The van der Waals surface area contributed by atoms with Gasteiger partial charge in [-0.1, -0.05) is 23.7 Å². The lowest BCUT2D eigenvalue weighted by atomic mass is 9.68. The maximum Gasteiger partial charge on any atom is 0.292 e. The molecule has 3 aromatic rings. The van der Waals surface area contributed by atoms with Crippen molar-refractivity contribution in [1.29, 1.82) is 0 Å². The molecule has 1 aliphatic carbocycles. The minimum atomic E-state index is -0.0757. The molecular weight excluding hydrogens is 412 g/mol. The van der Waals surface area contributed by atoms with Crippen LogP contribution in [0.1, 0.15) is 41.9 Å². The van der Waals surface area contributed by atoms with Crippen molar-refractivity contribution in [3.8, 4) is 11.4 Å². The third-order valence-electron chi connectivity index (χ3n) is 6.87. The van der Waals surface area contributed by atoms with Gasteiger partial charge in [0.2, 0.25) is 5.82 Å². The summed E-state index contributed by atoms with van der Waals surface area (Å²) >= 11 is 6.23. The van der Waals surface area contributed by atoms with Gasteiger partial charge in [-0.15, -0.1) is 10.2 Å². The molecule has 0 bridgehead atoms. The van der Waals surface area contributed by atoms with Crippen LogP contribution >= 0.6 is 11.6 Å². The predicted octanol–water partition coefficient (Wildman–Crippen LogP) is 3.29. The number of nitrogens with two attached hydrogens (primary N) is 1. The number of rotatable bonds is 4. The zero-order chi connectivity index (χ0) is 21.4. The normalized spacial score (nSPS) is 23.6. The van der Waals surface area contributed by atoms with Crippen LogP contribution in [0.25, 0.3) is 11.4 Å². The third kappa shape index (κ3) is 3.51. The Morgan fingerprint density at radius 3 is 2.61 bits per heavy atom. The van der Waals surface area contributed by atoms with Gasteiger partial charge in [0.1, 0.15) is 0 Å². The number of aromatic nitrogens is 4. The highest BCUT2D eigenvalue weighted by Gasteiger charge is 2.40. The van der Waals surface area contributed by atoms with Crippen molar-refractivity contribution in [3.05, 3.63) is 65.2 Å². The largest absolute Gasteiger partial charge is 0.331 e. The average Bonchev–Trinajstić information content (AvgIpc) is 3.25. The minimum Gasteiger partial charge on any atom is -0.331 e. The molecule has 1 amide bonds. The van der Waals surface area contributed by atoms with Crippen LogP contribution in [0, 0.1) is 0 Å². The van der Waals surface area contributed by atoms with Crippen LogP contribution in [0.5, 0.6) is 0 Å². The summed E-state index contributed by atoms with van der Waals surface area (Å²) in [5.74, 6) is 1.07. The summed E-state index contributed by atoms with van der Waals surface area (Å²) in [5.41, 5.74) is 8.24. The highest BCUT2D eigenvalue weighted by molar-refractivity contribution is 6.30. The van der Waals surface area contributed by atoms with Crippen LogP contribution in [0.2, 0.25) is 5.02 Å². The Bertz CT molecular complexity index is 1090. The van der Waals surface area contributed by atoms with Gasteiger partial charge < -0.3 is 15.2 Å². The first-order chi connectivity index (χ1) is 15.1. The van der Waals surface area contributed by atoms with E-state index in [2.05, 4.69) is 21.2 Å². The quantitative estimate of drug-likeness (QED) is 0.677. The molecule has 31 heavy (non-hydrogen) atoms. The molecule has 2 aliphatic rings. The van der Waals surface area contributed by atoms with Crippen molar-refractivity contribution in [2.24, 2.45) is 5.73 Å². The van der Waals surface area contributed by atoms with Gasteiger partial charge in [0.25, 0.3) is 5.91 Å². The molecule has 0 spiro atoms. The van der Waals surface area contributed by atoms with Crippen molar-refractivity contribution in [2.75, 3.05) is 13.1 Å². The van der Waals surface area contributed by atoms with E-state index in [1.165, 1.54) is 5.56 Å². The van der Waals surface area contributed by atoms with Crippen LogP contribution in [-0.4, -0.2) is 49.7 Å². The molecule has 0 saturated heterocycles. The molecule has 1 saturated carbocycles. The van der Waals surface area contributed by atoms with E-state index in [4.69, 9.17) is 17.3 Å². The lowest BCUT2D eigenvalue weighted by Crippen LogP contribution is -2.50. The lowest BCUT2D eigenvalue weighted by Gasteiger charge is -2.44. The Kier molecular flexibility index (Phi) is 5.24. The fourth-order valence-electron chi connectivity index (χ4n) is 5.06. The Hall–Kier alpha value is -2.77. The van der Waals surface area contributed by atoms with Gasteiger partial charge in [-0.05, 0) is 55.5 Å². The molecule has 0 atom stereocenters. The minimum absolute atomic E-state index is 0.0399. The Labute approximate surface area is 186 Å². The third-order valence-corrected chi connectivity index (χ3v) is 7.10. The molecule has 3 heterocycles. The van der Waals surface area contributed by atoms with E-state index in [1.807, 2.05) is 39.8 Å². The standard InChI is InChI=1S/C23H25ClN6O/c24-18-5-1-4-17(13-18)23(15-25)8-6-19(7-9-23)29-11-12-30-20(16-3-2-10-26-14-16)27-28-21(30)22(29)31/h1-5,10,13-14,19H,6-9,11-12,15,25H2. The second-order valence-electron chi connectivity index (χ2n) is 8.47. The molecule has 2 aromatic heterocycles. The summed E-state index contributed by atoms with van der Waals surface area (Å²) in [4.78, 5) is 19.4. The van der Waals surface area contributed by atoms with Crippen molar-refractivity contribution < 1.29 is 4.79 Å². The number of carbonyl (C=O) groups excluding carboxylic acids is 1. The van der Waals surface area contributed by atoms with Gasteiger partial charge in [-0.25, -0.2) is 0 Å². The van der Waals surface area contributed by atoms with Gasteiger partial charge >= 0.3 is 0 Å². The zero-order valence-corrected chi connectivity index (χ0v) is 18.0. The van der Waals surface area contributed by atoms with Crippen molar-refractivity contribution in [2.45, 2.75) is 43.7 Å². The summed E-state index contributed by atoms with van der Waals surface area (Å²) in [6, 6.07) is 12.0. The summed E-state index contributed by atoms with van der Waals surface area (Å²) in [7, 11) is 0. The Morgan fingerprint density at radius 2 is 1.90 bits per heavy atom. The highest BCUT2D eigenvalue weighted by atomic mass is 35.5. The van der Waals surface area contributed by atoms with Crippen molar-refractivity contribution in [1.82, 2.24) is 24.6 Å². The second kappa shape index (κ2) is 8.05. The van der Waals surface area contributed by atoms with Gasteiger partial charge in [0.15, 0.2) is 5.82 Å². The van der Waals surface area contributed by atoms with E-state index in [-0.39, 0.29) is 17.4 Å². The number of nitrogens with zero attached hydrogens (tertiary/aromatic N) is 5. The van der Waals surface area contributed by atoms with E-state index < -0.39 is 0 Å². The molecule has 1 aromatic carbocycles. The summed E-state index contributed by atoms with van der Waals surface area (Å²) in [6.45, 7) is 1.93. The molecule has 160 valence electrons.